The smallest absolute Gasteiger partial charge is 0.233 e. The van der Waals surface area contributed by atoms with Gasteiger partial charge < -0.3 is 9.47 Å². The number of hydrogen-bond donors (Lipinski definition) is 0. The maximum absolute atomic E-state index is 14.0. The van der Waals surface area contributed by atoms with Crippen molar-refractivity contribution in [3.63, 3.8) is 0 Å². The molecule has 2 heterocycles. The third-order valence-corrected chi connectivity index (χ3v) is 6.99. The number of halogens is 1. The van der Waals surface area contributed by atoms with Gasteiger partial charge in [-0.25, -0.2) is 0 Å². The van der Waals surface area contributed by atoms with Gasteiger partial charge in [0, 0.05) is 28.8 Å². The summed E-state index contributed by atoms with van der Waals surface area (Å²) in [4.78, 5) is 17.3. The van der Waals surface area contributed by atoms with Crippen molar-refractivity contribution in [1.82, 2.24) is 9.47 Å². The van der Waals surface area contributed by atoms with Crippen LogP contribution >= 0.6 is 22.9 Å². The van der Waals surface area contributed by atoms with Gasteiger partial charge in [-0.15, -0.1) is 11.3 Å². The highest BCUT2D eigenvalue weighted by molar-refractivity contribution is 7.09. The summed E-state index contributed by atoms with van der Waals surface area (Å²) in [7, 11) is 2.04. The Morgan fingerprint density at radius 3 is 2.46 bits per heavy atom. The third-order valence-electron chi connectivity index (χ3n) is 5.88. The number of thiophene rings is 1. The molecule has 1 fully saturated rings. The Balaban J connectivity index is 1.69. The minimum absolute atomic E-state index is 0.238. The predicted molar refractivity (Wildman–Crippen MR) is 116 cm³/mol. The van der Waals surface area contributed by atoms with Crippen LogP contribution in [0.2, 0.25) is 5.02 Å². The molecular weight excluding hydrogens is 388 g/mol. The van der Waals surface area contributed by atoms with Crippen molar-refractivity contribution in [2.75, 3.05) is 0 Å². The van der Waals surface area contributed by atoms with E-state index in [2.05, 4.69) is 28.1 Å². The Kier molecular flexibility index (Phi) is 5.61. The standard InChI is InChI=1S/C23H25ClN2OS/c1-25-14-4-6-20(25)16-26(17-21-7-5-15-28-21)22(27)23(12-2-3-13-23)18-8-10-19(24)11-9-18/h4-11,14-15H,2-3,12-13,16-17H2,1H3. The zero-order valence-corrected chi connectivity index (χ0v) is 17.7. The van der Waals surface area contributed by atoms with E-state index in [-0.39, 0.29) is 5.91 Å². The molecule has 28 heavy (non-hydrogen) atoms. The van der Waals surface area contributed by atoms with Crippen molar-refractivity contribution in [2.45, 2.75) is 44.2 Å². The second-order valence-electron chi connectivity index (χ2n) is 7.65. The van der Waals surface area contributed by atoms with Crippen LogP contribution < -0.4 is 0 Å². The Morgan fingerprint density at radius 2 is 1.86 bits per heavy atom. The fourth-order valence-electron chi connectivity index (χ4n) is 4.32. The van der Waals surface area contributed by atoms with Crippen molar-refractivity contribution >= 4 is 28.8 Å². The molecule has 1 amide bonds. The van der Waals surface area contributed by atoms with E-state index >= 15 is 0 Å². The Labute approximate surface area is 175 Å². The van der Waals surface area contributed by atoms with Crippen molar-refractivity contribution < 1.29 is 4.79 Å². The molecule has 1 saturated carbocycles. The van der Waals surface area contributed by atoms with E-state index in [1.807, 2.05) is 48.5 Å². The first-order chi connectivity index (χ1) is 13.6. The van der Waals surface area contributed by atoms with E-state index in [0.717, 1.165) is 36.9 Å². The first kappa shape index (κ1) is 19.3. The van der Waals surface area contributed by atoms with Crippen LogP contribution in [0.1, 0.15) is 41.8 Å². The molecule has 0 spiro atoms. The van der Waals surface area contributed by atoms with Crippen LogP contribution in [0.3, 0.4) is 0 Å². The lowest BCUT2D eigenvalue weighted by atomic mass is 9.77. The fourth-order valence-corrected chi connectivity index (χ4v) is 5.17. The average molecular weight is 413 g/mol. The van der Waals surface area contributed by atoms with Gasteiger partial charge in [-0.3, -0.25) is 4.79 Å². The largest absolute Gasteiger partial charge is 0.353 e. The monoisotopic (exact) mass is 412 g/mol. The predicted octanol–water partition coefficient (Wildman–Crippen LogP) is 5.78. The lowest BCUT2D eigenvalue weighted by molar-refractivity contribution is -0.138. The summed E-state index contributed by atoms with van der Waals surface area (Å²) in [5, 5.41) is 2.79. The first-order valence-electron chi connectivity index (χ1n) is 9.76. The Morgan fingerprint density at radius 1 is 1.11 bits per heavy atom. The highest BCUT2D eigenvalue weighted by atomic mass is 35.5. The highest BCUT2D eigenvalue weighted by Gasteiger charge is 2.45. The van der Waals surface area contributed by atoms with Gasteiger partial charge in [0.25, 0.3) is 0 Å². The minimum atomic E-state index is -0.437. The molecule has 0 unspecified atom stereocenters. The SMILES string of the molecule is Cn1cccc1CN(Cc1cccs1)C(=O)C1(c2ccc(Cl)cc2)CCCC1. The lowest BCUT2D eigenvalue weighted by Gasteiger charge is -2.35. The molecule has 0 saturated heterocycles. The molecule has 0 N–H and O–H groups in total. The normalized spacial score (nSPS) is 15.6. The van der Waals surface area contributed by atoms with Crippen molar-refractivity contribution in [1.29, 1.82) is 0 Å². The summed E-state index contributed by atoms with van der Waals surface area (Å²) in [6, 6.07) is 16.2. The van der Waals surface area contributed by atoms with Crippen LogP contribution in [0, 0.1) is 0 Å². The van der Waals surface area contributed by atoms with Gasteiger partial charge in [0.1, 0.15) is 0 Å². The number of hydrogen-bond acceptors (Lipinski definition) is 2. The lowest BCUT2D eigenvalue weighted by Crippen LogP contribution is -2.45. The molecule has 146 valence electrons. The number of aryl methyl sites for hydroxylation is 1. The fraction of sp³-hybridized carbons (Fsp3) is 0.348. The molecule has 0 atom stereocenters. The highest BCUT2D eigenvalue weighted by Crippen LogP contribution is 2.43. The molecular formula is C23H25ClN2OS. The van der Waals surface area contributed by atoms with Gasteiger partial charge in [-0.2, -0.15) is 0 Å². The number of carbonyl (C=O) groups is 1. The number of rotatable bonds is 6. The number of carbonyl (C=O) groups excluding carboxylic acids is 1. The molecule has 0 aliphatic heterocycles. The van der Waals surface area contributed by atoms with Gasteiger partial charge in [0.05, 0.1) is 18.5 Å². The summed E-state index contributed by atoms with van der Waals surface area (Å²) in [6.45, 7) is 1.27. The third kappa shape index (κ3) is 3.76. The van der Waals surface area contributed by atoms with Crippen LogP contribution in [-0.2, 0) is 30.3 Å². The quantitative estimate of drug-likeness (QED) is 0.503. The maximum Gasteiger partial charge on any atom is 0.233 e. The molecule has 1 aliphatic carbocycles. The van der Waals surface area contributed by atoms with E-state index in [4.69, 9.17) is 11.6 Å². The maximum atomic E-state index is 14.0. The van der Waals surface area contributed by atoms with Crippen molar-refractivity contribution in [3.05, 3.63) is 81.3 Å². The second kappa shape index (κ2) is 8.14. The summed E-state index contributed by atoms with van der Waals surface area (Å²) < 4.78 is 2.10. The van der Waals surface area contributed by atoms with Gasteiger partial charge in [-0.05, 0) is 54.1 Å². The summed E-state index contributed by atoms with van der Waals surface area (Å²) >= 11 is 7.82. The van der Waals surface area contributed by atoms with E-state index < -0.39 is 5.41 Å². The van der Waals surface area contributed by atoms with Crippen LogP contribution in [0.15, 0.2) is 60.1 Å². The zero-order chi connectivity index (χ0) is 19.6. The second-order valence-corrected chi connectivity index (χ2v) is 9.12. The van der Waals surface area contributed by atoms with Gasteiger partial charge >= 0.3 is 0 Å². The topological polar surface area (TPSA) is 25.2 Å². The van der Waals surface area contributed by atoms with Crippen molar-refractivity contribution in [2.24, 2.45) is 7.05 Å². The van der Waals surface area contributed by atoms with E-state index in [1.54, 1.807) is 11.3 Å². The number of nitrogens with zero attached hydrogens (tertiary/aromatic N) is 2. The van der Waals surface area contributed by atoms with E-state index in [1.165, 1.54) is 4.88 Å². The molecule has 2 aromatic heterocycles. The van der Waals surface area contributed by atoms with Crippen LogP contribution in [0.5, 0.6) is 0 Å². The number of amides is 1. The molecule has 3 nitrogen and oxygen atoms in total. The minimum Gasteiger partial charge on any atom is -0.353 e. The number of benzene rings is 1. The van der Waals surface area contributed by atoms with Gasteiger partial charge in [-0.1, -0.05) is 42.6 Å². The molecule has 0 bridgehead atoms. The van der Waals surface area contributed by atoms with E-state index in [9.17, 15) is 4.79 Å². The van der Waals surface area contributed by atoms with Crippen molar-refractivity contribution in [3.8, 4) is 0 Å². The molecule has 1 aromatic carbocycles. The summed E-state index contributed by atoms with van der Waals surface area (Å²) in [5.41, 5.74) is 1.81. The summed E-state index contributed by atoms with van der Waals surface area (Å²) in [5.74, 6) is 0.238. The van der Waals surface area contributed by atoms with Crippen LogP contribution in [0.25, 0.3) is 0 Å². The molecule has 0 radical (unpaired) electrons. The Hall–Kier alpha value is -2.04. The molecule has 1 aliphatic rings. The van der Waals surface area contributed by atoms with Crippen LogP contribution in [-0.4, -0.2) is 15.4 Å². The first-order valence-corrected chi connectivity index (χ1v) is 11.0. The zero-order valence-electron chi connectivity index (χ0n) is 16.1. The molecule has 3 aromatic rings. The van der Waals surface area contributed by atoms with Crippen LogP contribution in [0.4, 0.5) is 0 Å². The Bertz CT molecular complexity index is 924. The molecule has 5 heteroatoms. The van der Waals surface area contributed by atoms with Gasteiger partial charge in [0.15, 0.2) is 0 Å². The summed E-state index contributed by atoms with van der Waals surface area (Å²) in [6.07, 6.45) is 6.02. The number of aromatic nitrogens is 1. The molecule has 4 rings (SSSR count). The average Bonchev–Trinajstić information content (AvgIpc) is 3.45. The van der Waals surface area contributed by atoms with Gasteiger partial charge in [0.2, 0.25) is 5.91 Å². The van der Waals surface area contributed by atoms with E-state index in [0.29, 0.717) is 18.1 Å².